The Morgan fingerprint density at radius 2 is 1.58 bits per heavy atom. The van der Waals surface area contributed by atoms with Crippen molar-refractivity contribution in [3.8, 4) is 17.2 Å². The smallest absolute Gasteiger partial charge is 0.264 e. The molecule has 1 N–H and O–H groups in total. The van der Waals surface area contributed by atoms with Gasteiger partial charge in [0, 0.05) is 24.2 Å². The van der Waals surface area contributed by atoms with E-state index in [9.17, 15) is 18.0 Å². The van der Waals surface area contributed by atoms with Gasteiger partial charge in [-0.15, -0.1) is 0 Å². The SMILES string of the molecule is CCCCNC(=O)C(CC)N(Cc1ccc(Cl)cc1)C(=O)CN(c1ccc(OCC)cc1)S(=O)(=O)c1ccc(OC)c(OC)c1. The van der Waals surface area contributed by atoms with Gasteiger partial charge in [-0.3, -0.25) is 13.9 Å². The fourth-order valence-electron chi connectivity index (χ4n) is 4.72. The molecule has 0 saturated carbocycles. The van der Waals surface area contributed by atoms with Crippen molar-refractivity contribution >= 4 is 39.1 Å². The first kappa shape index (κ1) is 35.5. The average Bonchev–Trinajstić information content (AvgIpc) is 3.04. The van der Waals surface area contributed by atoms with Crippen molar-refractivity contribution in [1.82, 2.24) is 10.2 Å². The minimum Gasteiger partial charge on any atom is -0.494 e. The quantitative estimate of drug-likeness (QED) is 0.186. The molecule has 3 rings (SSSR count). The Kier molecular flexibility index (Phi) is 13.4. The highest BCUT2D eigenvalue weighted by molar-refractivity contribution is 7.92. The van der Waals surface area contributed by atoms with Gasteiger partial charge >= 0.3 is 0 Å². The van der Waals surface area contributed by atoms with Crippen molar-refractivity contribution in [3.05, 3.63) is 77.3 Å². The number of sulfonamides is 1. The molecular formula is C33H42ClN3O7S. The first-order valence-corrected chi connectivity index (χ1v) is 16.7. The van der Waals surface area contributed by atoms with Crippen LogP contribution in [0.3, 0.4) is 0 Å². The lowest BCUT2D eigenvalue weighted by molar-refractivity contribution is -0.140. The Morgan fingerprint density at radius 3 is 2.16 bits per heavy atom. The lowest BCUT2D eigenvalue weighted by Crippen LogP contribution is -2.52. The summed E-state index contributed by atoms with van der Waals surface area (Å²) in [5.74, 6) is 0.268. The molecule has 0 aliphatic rings. The number of ether oxygens (including phenoxy) is 3. The monoisotopic (exact) mass is 659 g/mol. The van der Waals surface area contributed by atoms with Crippen molar-refractivity contribution in [2.75, 3.05) is 38.2 Å². The Bertz CT molecular complexity index is 1520. The fraction of sp³-hybridized carbons (Fsp3) is 0.394. The second-order valence-electron chi connectivity index (χ2n) is 10.2. The minimum atomic E-state index is -4.32. The molecule has 0 spiro atoms. The second kappa shape index (κ2) is 16.9. The number of hydrogen-bond acceptors (Lipinski definition) is 7. The number of nitrogens with zero attached hydrogens (tertiary/aromatic N) is 2. The van der Waals surface area contributed by atoms with Crippen LogP contribution in [-0.4, -0.2) is 65.1 Å². The van der Waals surface area contributed by atoms with Crippen LogP contribution in [0.2, 0.25) is 5.02 Å². The topological polar surface area (TPSA) is 114 Å². The summed E-state index contributed by atoms with van der Waals surface area (Å²) < 4.78 is 45.7. The van der Waals surface area contributed by atoms with E-state index < -0.39 is 28.5 Å². The van der Waals surface area contributed by atoms with Crippen molar-refractivity contribution in [2.24, 2.45) is 0 Å². The number of hydrogen-bond donors (Lipinski definition) is 1. The van der Waals surface area contributed by atoms with Gasteiger partial charge in [0.1, 0.15) is 18.3 Å². The number of carbonyl (C=O) groups excluding carboxylic acids is 2. The maximum atomic E-state index is 14.2. The summed E-state index contributed by atoms with van der Waals surface area (Å²) in [7, 11) is -1.46. The number of benzene rings is 3. The molecule has 45 heavy (non-hydrogen) atoms. The molecule has 0 bridgehead atoms. The predicted molar refractivity (Wildman–Crippen MR) is 176 cm³/mol. The predicted octanol–water partition coefficient (Wildman–Crippen LogP) is 5.67. The van der Waals surface area contributed by atoms with Gasteiger partial charge < -0.3 is 24.4 Å². The lowest BCUT2D eigenvalue weighted by atomic mass is 10.1. The largest absolute Gasteiger partial charge is 0.494 e. The van der Waals surface area contributed by atoms with Crippen LogP contribution in [0, 0.1) is 0 Å². The van der Waals surface area contributed by atoms with E-state index in [0.29, 0.717) is 36.1 Å². The second-order valence-corrected chi connectivity index (χ2v) is 12.5. The zero-order valence-corrected chi connectivity index (χ0v) is 28.0. The molecule has 10 nitrogen and oxygen atoms in total. The zero-order chi connectivity index (χ0) is 33.0. The molecule has 3 aromatic carbocycles. The van der Waals surface area contributed by atoms with Gasteiger partial charge in [-0.2, -0.15) is 0 Å². The van der Waals surface area contributed by atoms with Crippen molar-refractivity contribution < 1.29 is 32.2 Å². The van der Waals surface area contributed by atoms with E-state index in [-0.39, 0.29) is 28.8 Å². The van der Waals surface area contributed by atoms with Crippen LogP contribution in [0.25, 0.3) is 0 Å². The number of carbonyl (C=O) groups is 2. The summed E-state index contributed by atoms with van der Waals surface area (Å²) in [6.07, 6.45) is 2.01. The van der Waals surface area contributed by atoms with Crippen LogP contribution in [-0.2, 0) is 26.2 Å². The van der Waals surface area contributed by atoms with Gasteiger partial charge in [0.25, 0.3) is 10.0 Å². The molecule has 0 radical (unpaired) electrons. The third-order valence-electron chi connectivity index (χ3n) is 7.14. The molecule has 0 fully saturated rings. The molecule has 0 aromatic heterocycles. The molecule has 0 aliphatic heterocycles. The summed E-state index contributed by atoms with van der Waals surface area (Å²) in [4.78, 5) is 28.9. The molecule has 1 unspecified atom stereocenters. The van der Waals surface area contributed by atoms with Crippen molar-refractivity contribution in [3.63, 3.8) is 0 Å². The van der Waals surface area contributed by atoms with E-state index in [2.05, 4.69) is 5.32 Å². The molecule has 1 atom stereocenters. The van der Waals surface area contributed by atoms with Gasteiger partial charge in [-0.25, -0.2) is 8.42 Å². The fourth-order valence-corrected chi connectivity index (χ4v) is 6.28. The number of amides is 2. The van der Waals surface area contributed by atoms with Gasteiger partial charge in [-0.1, -0.05) is 44.0 Å². The Labute approximate surface area is 271 Å². The Hall–Kier alpha value is -3.96. The summed E-state index contributed by atoms with van der Waals surface area (Å²) in [5, 5.41) is 3.45. The van der Waals surface area contributed by atoms with E-state index in [0.717, 1.165) is 22.7 Å². The highest BCUT2D eigenvalue weighted by Crippen LogP contribution is 2.33. The first-order chi connectivity index (χ1) is 21.6. The number of halogens is 1. The normalized spacial score (nSPS) is 11.8. The van der Waals surface area contributed by atoms with Gasteiger partial charge in [0.05, 0.1) is 31.4 Å². The van der Waals surface area contributed by atoms with Crippen LogP contribution in [0.5, 0.6) is 17.2 Å². The third-order valence-corrected chi connectivity index (χ3v) is 9.16. The van der Waals surface area contributed by atoms with Crippen LogP contribution in [0.4, 0.5) is 5.69 Å². The van der Waals surface area contributed by atoms with Crippen molar-refractivity contribution in [1.29, 1.82) is 0 Å². The molecule has 0 saturated heterocycles. The van der Waals surface area contributed by atoms with Crippen LogP contribution in [0.1, 0.15) is 45.6 Å². The van der Waals surface area contributed by atoms with Crippen LogP contribution in [0.15, 0.2) is 71.6 Å². The van der Waals surface area contributed by atoms with Crippen LogP contribution < -0.4 is 23.8 Å². The number of nitrogens with one attached hydrogen (secondary N) is 1. The van der Waals surface area contributed by atoms with Crippen molar-refractivity contribution in [2.45, 2.75) is 57.5 Å². The molecule has 12 heteroatoms. The van der Waals surface area contributed by atoms with Gasteiger partial charge in [0.2, 0.25) is 11.8 Å². The summed E-state index contributed by atoms with van der Waals surface area (Å²) >= 11 is 6.09. The molecule has 2 amide bonds. The standard InChI is InChI=1S/C33H42ClN3O7S/c1-6-9-20-35-33(39)29(7-2)36(22-24-10-12-25(34)13-11-24)32(38)23-37(26-14-16-27(17-15-26)44-8-3)45(40,41)28-18-19-30(42-4)31(21-28)43-5/h10-19,21,29H,6-9,20,22-23H2,1-5H3,(H,35,39). The number of rotatable bonds is 17. The number of anilines is 1. The van der Waals surface area contributed by atoms with E-state index in [1.54, 1.807) is 48.5 Å². The Morgan fingerprint density at radius 1 is 0.911 bits per heavy atom. The summed E-state index contributed by atoms with van der Waals surface area (Å²) in [6, 6.07) is 16.8. The molecular weight excluding hydrogens is 618 g/mol. The summed E-state index contributed by atoms with van der Waals surface area (Å²) in [6.45, 7) is 6.09. The highest BCUT2D eigenvalue weighted by Gasteiger charge is 2.34. The van der Waals surface area contributed by atoms with Gasteiger partial charge in [-0.05, 0) is 73.9 Å². The zero-order valence-electron chi connectivity index (χ0n) is 26.4. The number of unbranched alkanes of at least 4 members (excludes halogenated alkanes) is 1. The van der Waals surface area contributed by atoms with E-state index in [1.807, 2.05) is 20.8 Å². The number of methoxy groups -OCH3 is 2. The van der Waals surface area contributed by atoms with Crippen LogP contribution >= 0.6 is 11.6 Å². The van der Waals surface area contributed by atoms with E-state index >= 15 is 0 Å². The highest BCUT2D eigenvalue weighted by atomic mass is 35.5. The first-order valence-electron chi connectivity index (χ1n) is 14.9. The third kappa shape index (κ3) is 9.27. The maximum absolute atomic E-state index is 14.2. The minimum absolute atomic E-state index is 0.0726. The van der Waals surface area contributed by atoms with E-state index in [4.69, 9.17) is 25.8 Å². The molecule has 0 aliphatic carbocycles. The van der Waals surface area contributed by atoms with E-state index in [1.165, 1.54) is 37.3 Å². The average molecular weight is 660 g/mol. The van der Waals surface area contributed by atoms with Gasteiger partial charge in [0.15, 0.2) is 11.5 Å². The molecule has 244 valence electrons. The maximum Gasteiger partial charge on any atom is 0.264 e. The Balaban J connectivity index is 2.08. The molecule has 3 aromatic rings. The lowest BCUT2D eigenvalue weighted by Gasteiger charge is -2.33. The molecule has 0 heterocycles. The summed E-state index contributed by atoms with van der Waals surface area (Å²) in [5.41, 5.74) is 0.983.